The van der Waals surface area contributed by atoms with Gasteiger partial charge in [-0.15, -0.1) is 0 Å². The molecule has 0 aliphatic heterocycles. The third-order valence-corrected chi connectivity index (χ3v) is 3.34. The van der Waals surface area contributed by atoms with Crippen molar-refractivity contribution < 1.29 is 4.79 Å². The fraction of sp³-hybridized carbons (Fsp3) is 0.294. The SMILES string of the molecule is CCC(=O)NCC(Cc1cccnc1)c1ccccc1. The van der Waals surface area contributed by atoms with Crippen molar-refractivity contribution >= 4 is 5.91 Å². The number of hydrogen-bond acceptors (Lipinski definition) is 2. The second-order valence-corrected chi connectivity index (χ2v) is 4.83. The van der Waals surface area contributed by atoms with E-state index in [1.54, 1.807) is 6.20 Å². The lowest BCUT2D eigenvalue weighted by atomic mass is 9.92. The minimum Gasteiger partial charge on any atom is -0.355 e. The standard InChI is InChI=1S/C17H20N2O/c1-2-17(20)19-13-16(15-8-4-3-5-9-15)11-14-7-6-10-18-12-14/h3-10,12,16H,2,11,13H2,1H3,(H,19,20). The molecule has 3 nitrogen and oxygen atoms in total. The van der Waals surface area contributed by atoms with Gasteiger partial charge in [-0.2, -0.15) is 0 Å². The molecule has 1 unspecified atom stereocenters. The number of carbonyl (C=O) groups is 1. The number of nitrogens with one attached hydrogen (secondary N) is 1. The first-order valence-electron chi connectivity index (χ1n) is 7.00. The van der Waals surface area contributed by atoms with Gasteiger partial charge < -0.3 is 5.32 Å². The maximum absolute atomic E-state index is 11.5. The average molecular weight is 268 g/mol. The first-order valence-corrected chi connectivity index (χ1v) is 7.00. The molecule has 20 heavy (non-hydrogen) atoms. The van der Waals surface area contributed by atoms with Crippen molar-refractivity contribution in [2.24, 2.45) is 0 Å². The molecule has 0 fully saturated rings. The van der Waals surface area contributed by atoms with Gasteiger partial charge in [-0.05, 0) is 23.6 Å². The van der Waals surface area contributed by atoms with E-state index in [9.17, 15) is 4.79 Å². The Hall–Kier alpha value is -2.16. The predicted octanol–water partition coefficient (Wildman–Crippen LogP) is 2.93. The van der Waals surface area contributed by atoms with Crippen LogP contribution in [0.5, 0.6) is 0 Å². The number of amides is 1. The molecule has 0 radical (unpaired) electrons. The highest BCUT2D eigenvalue weighted by atomic mass is 16.1. The second kappa shape index (κ2) is 7.43. The molecule has 0 saturated heterocycles. The highest BCUT2D eigenvalue weighted by Crippen LogP contribution is 2.19. The lowest BCUT2D eigenvalue weighted by Crippen LogP contribution is -2.28. The summed E-state index contributed by atoms with van der Waals surface area (Å²) >= 11 is 0. The number of hydrogen-bond donors (Lipinski definition) is 1. The summed E-state index contributed by atoms with van der Waals surface area (Å²) in [6.07, 6.45) is 5.06. The van der Waals surface area contributed by atoms with Crippen LogP contribution in [0.15, 0.2) is 54.9 Å². The fourth-order valence-electron chi connectivity index (χ4n) is 2.20. The molecule has 1 atom stereocenters. The molecule has 1 aromatic carbocycles. The third-order valence-electron chi connectivity index (χ3n) is 3.34. The van der Waals surface area contributed by atoms with Crippen molar-refractivity contribution in [2.45, 2.75) is 25.7 Å². The Morgan fingerprint density at radius 1 is 1.20 bits per heavy atom. The summed E-state index contributed by atoms with van der Waals surface area (Å²) in [5.41, 5.74) is 2.43. The first-order chi connectivity index (χ1) is 9.79. The summed E-state index contributed by atoms with van der Waals surface area (Å²) in [5.74, 6) is 0.369. The maximum Gasteiger partial charge on any atom is 0.219 e. The van der Waals surface area contributed by atoms with Gasteiger partial charge >= 0.3 is 0 Å². The van der Waals surface area contributed by atoms with E-state index in [4.69, 9.17) is 0 Å². The zero-order valence-corrected chi connectivity index (χ0v) is 11.8. The van der Waals surface area contributed by atoms with Gasteiger partial charge in [0.1, 0.15) is 0 Å². The van der Waals surface area contributed by atoms with Crippen LogP contribution in [0.1, 0.15) is 30.4 Å². The average Bonchev–Trinajstić information content (AvgIpc) is 2.53. The van der Waals surface area contributed by atoms with Gasteiger partial charge in [0.25, 0.3) is 0 Å². The second-order valence-electron chi connectivity index (χ2n) is 4.83. The van der Waals surface area contributed by atoms with Crippen LogP contribution >= 0.6 is 0 Å². The summed E-state index contributed by atoms with van der Waals surface area (Å²) in [4.78, 5) is 15.6. The Kier molecular flexibility index (Phi) is 5.30. The fourth-order valence-corrected chi connectivity index (χ4v) is 2.20. The molecule has 2 aromatic rings. The molecule has 104 valence electrons. The lowest BCUT2D eigenvalue weighted by Gasteiger charge is -2.18. The molecule has 0 bridgehead atoms. The molecule has 0 aliphatic carbocycles. The molecule has 1 aromatic heterocycles. The summed E-state index contributed by atoms with van der Waals surface area (Å²) in [7, 11) is 0. The molecular formula is C17H20N2O. The number of pyridine rings is 1. The van der Waals surface area contributed by atoms with E-state index in [0.29, 0.717) is 13.0 Å². The van der Waals surface area contributed by atoms with E-state index in [2.05, 4.69) is 28.5 Å². The van der Waals surface area contributed by atoms with Crippen molar-refractivity contribution in [3.05, 3.63) is 66.0 Å². The summed E-state index contributed by atoms with van der Waals surface area (Å²) in [5, 5.41) is 2.99. The Morgan fingerprint density at radius 3 is 2.65 bits per heavy atom. The summed E-state index contributed by atoms with van der Waals surface area (Å²) in [6.45, 7) is 2.53. The van der Waals surface area contributed by atoms with E-state index in [0.717, 1.165) is 6.42 Å². The molecule has 0 aliphatic rings. The first kappa shape index (κ1) is 14.3. The van der Waals surface area contributed by atoms with Crippen molar-refractivity contribution in [3.63, 3.8) is 0 Å². The Bertz CT molecular complexity index is 525. The van der Waals surface area contributed by atoms with Gasteiger partial charge in [0, 0.05) is 31.3 Å². The molecule has 3 heteroatoms. The molecular weight excluding hydrogens is 248 g/mol. The Balaban J connectivity index is 2.10. The predicted molar refractivity (Wildman–Crippen MR) is 80.4 cm³/mol. The van der Waals surface area contributed by atoms with E-state index in [1.165, 1.54) is 11.1 Å². The third kappa shape index (κ3) is 4.19. The van der Waals surface area contributed by atoms with Crippen LogP contribution in [0.3, 0.4) is 0 Å². The topological polar surface area (TPSA) is 42.0 Å². The highest BCUT2D eigenvalue weighted by Gasteiger charge is 2.13. The summed E-state index contributed by atoms with van der Waals surface area (Å²) in [6, 6.07) is 14.3. The van der Waals surface area contributed by atoms with Gasteiger partial charge in [0.15, 0.2) is 0 Å². The van der Waals surface area contributed by atoms with E-state index < -0.39 is 0 Å². The number of carbonyl (C=O) groups excluding carboxylic acids is 1. The van der Waals surface area contributed by atoms with Crippen LogP contribution in [0, 0.1) is 0 Å². The van der Waals surface area contributed by atoms with Crippen molar-refractivity contribution in [2.75, 3.05) is 6.54 Å². The minimum atomic E-state index is 0.0946. The smallest absolute Gasteiger partial charge is 0.219 e. The van der Waals surface area contributed by atoms with E-state index in [1.807, 2.05) is 37.4 Å². The number of benzene rings is 1. The molecule has 1 amide bonds. The quantitative estimate of drug-likeness (QED) is 0.875. The molecule has 1 heterocycles. The normalized spacial score (nSPS) is 11.8. The van der Waals surface area contributed by atoms with Crippen LogP contribution in [-0.4, -0.2) is 17.4 Å². The van der Waals surface area contributed by atoms with Crippen molar-refractivity contribution in [3.8, 4) is 0 Å². The van der Waals surface area contributed by atoms with Crippen LogP contribution in [0.25, 0.3) is 0 Å². The van der Waals surface area contributed by atoms with Crippen molar-refractivity contribution in [1.29, 1.82) is 0 Å². The van der Waals surface area contributed by atoms with Crippen molar-refractivity contribution in [1.82, 2.24) is 10.3 Å². The van der Waals surface area contributed by atoms with Gasteiger partial charge in [0.2, 0.25) is 5.91 Å². The number of aromatic nitrogens is 1. The largest absolute Gasteiger partial charge is 0.355 e. The monoisotopic (exact) mass is 268 g/mol. The van der Waals surface area contributed by atoms with Crippen LogP contribution < -0.4 is 5.32 Å². The van der Waals surface area contributed by atoms with Gasteiger partial charge in [-0.1, -0.05) is 43.3 Å². The minimum absolute atomic E-state index is 0.0946. The van der Waals surface area contributed by atoms with Gasteiger partial charge in [0.05, 0.1) is 0 Å². The molecule has 1 N–H and O–H groups in total. The Morgan fingerprint density at radius 2 is 2.00 bits per heavy atom. The highest BCUT2D eigenvalue weighted by molar-refractivity contribution is 5.75. The van der Waals surface area contributed by atoms with Gasteiger partial charge in [-0.3, -0.25) is 9.78 Å². The number of rotatable bonds is 6. The van der Waals surface area contributed by atoms with Crippen LogP contribution in [0.2, 0.25) is 0 Å². The molecule has 0 saturated carbocycles. The zero-order valence-electron chi connectivity index (χ0n) is 11.8. The zero-order chi connectivity index (χ0) is 14.2. The maximum atomic E-state index is 11.5. The lowest BCUT2D eigenvalue weighted by molar-refractivity contribution is -0.120. The van der Waals surface area contributed by atoms with E-state index in [-0.39, 0.29) is 11.8 Å². The molecule has 2 rings (SSSR count). The van der Waals surface area contributed by atoms with Crippen LogP contribution in [-0.2, 0) is 11.2 Å². The van der Waals surface area contributed by atoms with Crippen LogP contribution in [0.4, 0.5) is 0 Å². The number of nitrogens with zero attached hydrogens (tertiary/aromatic N) is 1. The van der Waals surface area contributed by atoms with Gasteiger partial charge in [-0.25, -0.2) is 0 Å². The van der Waals surface area contributed by atoms with E-state index >= 15 is 0 Å². The molecule has 0 spiro atoms. The summed E-state index contributed by atoms with van der Waals surface area (Å²) < 4.78 is 0. The Labute approximate surface area is 120 Å².